The number of rotatable bonds is 5. The van der Waals surface area contributed by atoms with E-state index in [2.05, 4.69) is 46.1 Å². The second kappa shape index (κ2) is 7.79. The van der Waals surface area contributed by atoms with Crippen LogP contribution in [-0.4, -0.2) is 30.6 Å². The van der Waals surface area contributed by atoms with Crippen molar-refractivity contribution in [3.63, 3.8) is 0 Å². The van der Waals surface area contributed by atoms with E-state index in [9.17, 15) is 0 Å². The van der Waals surface area contributed by atoms with Crippen molar-refractivity contribution in [2.45, 2.75) is 39.3 Å². The molecule has 1 aromatic carbocycles. The molecule has 1 saturated heterocycles. The topological polar surface area (TPSA) is 15.3 Å². The smallest absolute Gasteiger partial charge is 0.0410 e. The maximum absolute atomic E-state index is 6.12. The Kier molecular flexibility index (Phi) is 6.34. The van der Waals surface area contributed by atoms with Crippen LogP contribution in [0.1, 0.15) is 32.3 Å². The summed E-state index contributed by atoms with van der Waals surface area (Å²) in [6, 6.07) is 6.60. The SMILES string of the molecule is CC(C)N(Cc1cc(Cl)ccc1Br)CC1CCNCC1. The first kappa shape index (κ1) is 16.3. The first-order valence-electron chi connectivity index (χ1n) is 7.45. The standard InChI is InChI=1S/C16H24BrClN2/c1-12(2)20(10-13-5-7-19-8-6-13)11-14-9-15(18)3-4-16(14)17/h3-4,9,12-13,19H,5-8,10-11H2,1-2H3. The fourth-order valence-electron chi connectivity index (χ4n) is 2.74. The van der Waals surface area contributed by atoms with Crippen LogP contribution < -0.4 is 5.32 Å². The molecule has 112 valence electrons. The van der Waals surface area contributed by atoms with Crippen LogP contribution in [0.15, 0.2) is 22.7 Å². The summed E-state index contributed by atoms with van der Waals surface area (Å²) < 4.78 is 1.15. The average Bonchev–Trinajstić information content (AvgIpc) is 2.43. The quantitative estimate of drug-likeness (QED) is 0.842. The molecule has 1 heterocycles. The van der Waals surface area contributed by atoms with Crippen LogP contribution in [0.3, 0.4) is 0 Å². The number of benzene rings is 1. The minimum absolute atomic E-state index is 0.552. The second-order valence-electron chi connectivity index (χ2n) is 5.95. The summed E-state index contributed by atoms with van der Waals surface area (Å²) in [6.07, 6.45) is 2.58. The Hall–Kier alpha value is -0.0900. The van der Waals surface area contributed by atoms with Gasteiger partial charge in [-0.05, 0) is 69.5 Å². The highest BCUT2D eigenvalue weighted by atomic mass is 79.9. The van der Waals surface area contributed by atoms with Crippen LogP contribution in [-0.2, 0) is 6.54 Å². The highest BCUT2D eigenvalue weighted by molar-refractivity contribution is 9.10. The van der Waals surface area contributed by atoms with Gasteiger partial charge < -0.3 is 5.32 Å². The van der Waals surface area contributed by atoms with E-state index in [4.69, 9.17) is 11.6 Å². The summed E-state index contributed by atoms with van der Waals surface area (Å²) in [5, 5.41) is 4.25. The molecule has 1 N–H and O–H groups in total. The molecule has 20 heavy (non-hydrogen) atoms. The van der Waals surface area contributed by atoms with E-state index in [-0.39, 0.29) is 0 Å². The fraction of sp³-hybridized carbons (Fsp3) is 0.625. The Morgan fingerprint density at radius 2 is 2.05 bits per heavy atom. The van der Waals surface area contributed by atoms with E-state index in [0.29, 0.717) is 6.04 Å². The largest absolute Gasteiger partial charge is 0.317 e. The molecule has 0 atom stereocenters. The Morgan fingerprint density at radius 1 is 1.35 bits per heavy atom. The van der Waals surface area contributed by atoms with Crippen molar-refractivity contribution < 1.29 is 0 Å². The molecule has 1 aliphatic heterocycles. The Balaban J connectivity index is 2.02. The molecular weight excluding hydrogens is 336 g/mol. The van der Waals surface area contributed by atoms with Gasteiger partial charge in [-0.1, -0.05) is 27.5 Å². The molecule has 0 saturated carbocycles. The molecule has 0 amide bonds. The highest BCUT2D eigenvalue weighted by Gasteiger charge is 2.19. The molecule has 1 fully saturated rings. The third-order valence-electron chi connectivity index (χ3n) is 4.06. The lowest BCUT2D eigenvalue weighted by molar-refractivity contribution is 0.161. The van der Waals surface area contributed by atoms with Crippen molar-refractivity contribution in [1.29, 1.82) is 0 Å². The zero-order valence-corrected chi connectivity index (χ0v) is 14.7. The zero-order valence-electron chi connectivity index (χ0n) is 12.3. The van der Waals surface area contributed by atoms with Crippen molar-refractivity contribution in [1.82, 2.24) is 10.2 Å². The van der Waals surface area contributed by atoms with E-state index in [1.807, 2.05) is 12.1 Å². The minimum Gasteiger partial charge on any atom is -0.317 e. The number of hydrogen-bond acceptors (Lipinski definition) is 2. The lowest BCUT2D eigenvalue weighted by Crippen LogP contribution is -2.39. The maximum Gasteiger partial charge on any atom is 0.0410 e. The van der Waals surface area contributed by atoms with Crippen molar-refractivity contribution in [3.8, 4) is 0 Å². The van der Waals surface area contributed by atoms with Crippen molar-refractivity contribution in [2.75, 3.05) is 19.6 Å². The molecule has 2 nitrogen and oxygen atoms in total. The highest BCUT2D eigenvalue weighted by Crippen LogP contribution is 2.24. The van der Waals surface area contributed by atoms with Crippen LogP contribution in [0.2, 0.25) is 5.02 Å². The normalized spacial score (nSPS) is 17.1. The first-order valence-corrected chi connectivity index (χ1v) is 8.62. The van der Waals surface area contributed by atoms with Gasteiger partial charge in [-0.25, -0.2) is 0 Å². The van der Waals surface area contributed by atoms with Crippen LogP contribution in [0, 0.1) is 5.92 Å². The van der Waals surface area contributed by atoms with Gasteiger partial charge in [0.1, 0.15) is 0 Å². The lowest BCUT2D eigenvalue weighted by Gasteiger charge is -2.33. The fourth-order valence-corrected chi connectivity index (χ4v) is 3.30. The van der Waals surface area contributed by atoms with E-state index >= 15 is 0 Å². The average molecular weight is 360 g/mol. The van der Waals surface area contributed by atoms with Crippen LogP contribution in [0.25, 0.3) is 0 Å². The van der Waals surface area contributed by atoms with E-state index in [1.165, 1.54) is 24.9 Å². The summed E-state index contributed by atoms with van der Waals surface area (Å²) in [7, 11) is 0. The monoisotopic (exact) mass is 358 g/mol. The maximum atomic E-state index is 6.12. The predicted octanol–water partition coefficient (Wildman–Crippen LogP) is 4.31. The summed E-state index contributed by atoms with van der Waals surface area (Å²) in [5.41, 5.74) is 1.28. The Morgan fingerprint density at radius 3 is 2.70 bits per heavy atom. The third kappa shape index (κ3) is 4.73. The molecule has 0 spiro atoms. The summed E-state index contributed by atoms with van der Waals surface area (Å²) >= 11 is 9.76. The zero-order chi connectivity index (χ0) is 14.5. The van der Waals surface area contributed by atoms with Gasteiger partial charge in [0.25, 0.3) is 0 Å². The molecule has 1 aromatic rings. The van der Waals surface area contributed by atoms with Gasteiger partial charge in [-0.15, -0.1) is 0 Å². The van der Waals surface area contributed by atoms with Crippen LogP contribution in [0.4, 0.5) is 0 Å². The number of nitrogens with one attached hydrogen (secondary N) is 1. The third-order valence-corrected chi connectivity index (χ3v) is 5.07. The van der Waals surface area contributed by atoms with Gasteiger partial charge in [0, 0.05) is 28.6 Å². The number of nitrogens with zero attached hydrogens (tertiary/aromatic N) is 1. The van der Waals surface area contributed by atoms with Gasteiger partial charge in [-0.2, -0.15) is 0 Å². The molecule has 4 heteroatoms. The first-order chi connectivity index (χ1) is 9.56. The predicted molar refractivity (Wildman–Crippen MR) is 90.3 cm³/mol. The van der Waals surface area contributed by atoms with Gasteiger partial charge in [0.05, 0.1) is 0 Å². The van der Waals surface area contributed by atoms with Crippen molar-refractivity contribution in [3.05, 3.63) is 33.3 Å². The summed E-state index contributed by atoms with van der Waals surface area (Å²) in [6.45, 7) is 9.02. The minimum atomic E-state index is 0.552. The molecule has 0 aromatic heterocycles. The lowest BCUT2D eigenvalue weighted by atomic mass is 9.96. The molecule has 0 bridgehead atoms. The van der Waals surface area contributed by atoms with Crippen molar-refractivity contribution in [2.24, 2.45) is 5.92 Å². The van der Waals surface area contributed by atoms with Crippen LogP contribution >= 0.6 is 27.5 Å². The van der Waals surface area contributed by atoms with Gasteiger partial charge >= 0.3 is 0 Å². The van der Waals surface area contributed by atoms with Gasteiger partial charge in [0.2, 0.25) is 0 Å². The molecule has 2 rings (SSSR count). The van der Waals surface area contributed by atoms with Gasteiger partial charge in [-0.3, -0.25) is 4.90 Å². The second-order valence-corrected chi connectivity index (χ2v) is 7.24. The Bertz CT molecular complexity index is 430. The van der Waals surface area contributed by atoms with Crippen molar-refractivity contribution >= 4 is 27.5 Å². The van der Waals surface area contributed by atoms with E-state index in [1.54, 1.807) is 0 Å². The number of hydrogen-bond donors (Lipinski definition) is 1. The molecule has 0 aliphatic carbocycles. The molecular formula is C16H24BrClN2. The molecule has 0 radical (unpaired) electrons. The summed E-state index contributed by atoms with van der Waals surface area (Å²) in [5.74, 6) is 0.816. The number of halogens is 2. The van der Waals surface area contributed by atoms with E-state index in [0.717, 1.165) is 35.0 Å². The van der Waals surface area contributed by atoms with Crippen LogP contribution in [0.5, 0.6) is 0 Å². The number of piperidine rings is 1. The van der Waals surface area contributed by atoms with E-state index < -0.39 is 0 Å². The molecule has 1 aliphatic rings. The molecule has 0 unspecified atom stereocenters. The van der Waals surface area contributed by atoms with Gasteiger partial charge in [0.15, 0.2) is 0 Å². The summed E-state index contributed by atoms with van der Waals surface area (Å²) in [4.78, 5) is 2.56. The Labute approximate surface area is 136 Å².